The highest BCUT2D eigenvalue weighted by Gasteiger charge is 2.56. The molecular weight excluding hydrogens is 306 g/mol. The van der Waals surface area contributed by atoms with Gasteiger partial charge in [-0.3, -0.25) is 0 Å². The van der Waals surface area contributed by atoms with Crippen LogP contribution in [0.25, 0.3) is 0 Å². The van der Waals surface area contributed by atoms with Crippen LogP contribution >= 0.6 is 0 Å². The van der Waals surface area contributed by atoms with Crippen molar-refractivity contribution < 1.29 is 26.3 Å². The zero-order chi connectivity index (χ0) is 16.4. The molecule has 0 radical (unpaired) electrons. The molecule has 118 valence electrons. The fraction of sp³-hybridized carbons (Fsp3) is 0.250. The summed E-state index contributed by atoms with van der Waals surface area (Å²) < 4.78 is 80.2. The second kappa shape index (κ2) is 6.02. The van der Waals surface area contributed by atoms with Crippen molar-refractivity contribution in [3.05, 3.63) is 71.8 Å². The van der Waals surface area contributed by atoms with Gasteiger partial charge in [-0.05, 0) is 11.1 Å². The van der Waals surface area contributed by atoms with Crippen LogP contribution in [0, 0.1) is 0 Å². The van der Waals surface area contributed by atoms with Crippen molar-refractivity contribution in [3.63, 3.8) is 0 Å². The van der Waals surface area contributed by atoms with Crippen molar-refractivity contribution in [3.8, 4) is 0 Å². The third-order valence-corrected chi connectivity index (χ3v) is 3.36. The Morgan fingerprint density at radius 3 is 1.00 bits per heavy atom. The molecule has 2 rings (SSSR count). The molecule has 2 unspecified atom stereocenters. The summed E-state index contributed by atoms with van der Waals surface area (Å²) in [5.74, 6) is -5.29. The molecule has 6 heteroatoms. The first-order valence-electron chi connectivity index (χ1n) is 6.44. The first-order valence-corrected chi connectivity index (χ1v) is 6.44. The summed E-state index contributed by atoms with van der Waals surface area (Å²) in [5.41, 5.74) is -0.803. The minimum absolute atomic E-state index is 0.402. The Kier molecular flexibility index (Phi) is 4.49. The Hall–Kier alpha value is -1.98. The maximum absolute atomic E-state index is 13.4. The standard InChI is InChI=1S/C16H12F6/c17-15(18,19)13(11-7-3-1-4-8-11)14(16(20,21)22)12-9-5-2-6-10-12/h1-10,13-14H. The highest BCUT2D eigenvalue weighted by molar-refractivity contribution is 5.31. The fourth-order valence-electron chi connectivity index (χ4n) is 2.46. The topological polar surface area (TPSA) is 0 Å². The number of hydrogen-bond acceptors (Lipinski definition) is 0. The van der Waals surface area contributed by atoms with Crippen LogP contribution in [-0.4, -0.2) is 12.4 Å². The van der Waals surface area contributed by atoms with Crippen LogP contribution in [0.15, 0.2) is 60.7 Å². The van der Waals surface area contributed by atoms with Crippen LogP contribution in [0.4, 0.5) is 26.3 Å². The molecule has 0 amide bonds. The summed E-state index contributed by atoms with van der Waals surface area (Å²) in [5, 5.41) is 0. The van der Waals surface area contributed by atoms with Crippen molar-refractivity contribution >= 4 is 0 Å². The van der Waals surface area contributed by atoms with Gasteiger partial charge in [0.15, 0.2) is 0 Å². The van der Waals surface area contributed by atoms with Gasteiger partial charge in [0, 0.05) is 0 Å². The second-order valence-corrected chi connectivity index (χ2v) is 4.86. The first kappa shape index (κ1) is 16.4. The van der Waals surface area contributed by atoms with E-state index in [-0.39, 0.29) is 0 Å². The van der Waals surface area contributed by atoms with Crippen LogP contribution in [0.2, 0.25) is 0 Å². The van der Waals surface area contributed by atoms with E-state index in [0.29, 0.717) is 0 Å². The highest BCUT2D eigenvalue weighted by atomic mass is 19.4. The summed E-state index contributed by atoms with van der Waals surface area (Å²) in [4.78, 5) is 0. The summed E-state index contributed by atoms with van der Waals surface area (Å²) in [6, 6.07) is 12.4. The largest absolute Gasteiger partial charge is 0.396 e. The molecule has 2 atom stereocenters. The second-order valence-electron chi connectivity index (χ2n) is 4.86. The van der Waals surface area contributed by atoms with Gasteiger partial charge >= 0.3 is 12.4 Å². The van der Waals surface area contributed by atoms with Crippen molar-refractivity contribution in [2.75, 3.05) is 0 Å². The monoisotopic (exact) mass is 318 g/mol. The van der Waals surface area contributed by atoms with Crippen LogP contribution in [0.5, 0.6) is 0 Å². The predicted octanol–water partition coefficient (Wildman–Crippen LogP) is 5.68. The van der Waals surface area contributed by atoms with Gasteiger partial charge in [-0.2, -0.15) is 26.3 Å². The van der Waals surface area contributed by atoms with Gasteiger partial charge in [-0.25, -0.2) is 0 Å². The van der Waals surface area contributed by atoms with E-state index in [0.717, 1.165) is 24.3 Å². The number of hydrogen-bond donors (Lipinski definition) is 0. The summed E-state index contributed by atoms with van der Waals surface area (Å²) >= 11 is 0. The Morgan fingerprint density at radius 1 is 0.500 bits per heavy atom. The van der Waals surface area contributed by atoms with E-state index in [1.807, 2.05) is 0 Å². The highest BCUT2D eigenvalue weighted by Crippen LogP contribution is 2.51. The summed E-state index contributed by atoms with van der Waals surface area (Å²) in [7, 11) is 0. The molecule has 0 bridgehead atoms. The van der Waals surface area contributed by atoms with E-state index in [1.54, 1.807) is 0 Å². The Morgan fingerprint density at radius 2 is 0.773 bits per heavy atom. The molecular formula is C16H12F6. The van der Waals surface area contributed by atoms with Crippen molar-refractivity contribution in [1.82, 2.24) is 0 Å². The zero-order valence-electron chi connectivity index (χ0n) is 11.2. The third kappa shape index (κ3) is 3.61. The van der Waals surface area contributed by atoms with E-state index >= 15 is 0 Å². The van der Waals surface area contributed by atoms with Gasteiger partial charge in [0.1, 0.15) is 0 Å². The van der Waals surface area contributed by atoms with Crippen molar-refractivity contribution in [2.45, 2.75) is 24.2 Å². The maximum Gasteiger partial charge on any atom is 0.396 e. The number of halogens is 6. The van der Waals surface area contributed by atoms with E-state index < -0.39 is 35.3 Å². The number of rotatable bonds is 3. The zero-order valence-corrected chi connectivity index (χ0v) is 11.2. The molecule has 2 aromatic carbocycles. The van der Waals surface area contributed by atoms with Crippen molar-refractivity contribution in [1.29, 1.82) is 0 Å². The van der Waals surface area contributed by atoms with Gasteiger partial charge < -0.3 is 0 Å². The van der Waals surface area contributed by atoms with Gasteiger partial charge in [0.05, 0.1) is 11.8 Å². The van der Waals surface area contributed by atoms with Gasteiger partial charge in [0.2, 0.25) is 0 Å². The lowest BCUT2D eigenvalue weighted by molar-refractivity contribution is -0.211. The molecule has 22 heavy (non-hydrogen) atoms. The first-order chi connectivity index (χ1) is 10.2. The third-order valence-electron chi connectivity index (χ3n) is 3.36. The van der Waals surface area contributed by atoms with Crippen LogP contribution in [-0.2, 0) is 0 Å². The smallest absolute Gasteiger partial charge is 0.170 e. The number of alkyl halides is 6. The molecule has 0 aliphatic heterocycles. The van der Waals surface area contributed by atoms with Gasteiger partial charge in [-0.15, -0.1) is 0 Å². The molecule has 2 aromatic rings. The molecule has 0 spiro atoms. The maximum atomic E-state index is 13.4. The lowest BCUT2D eigenvalue weighted by Crippen LogP contribution is -2.35. The molecule has 0 saturated carbocycles. The van der Waals surface area contributed by atoms with Crippen molar-refractivity contribution in [2.24, 2.45) is 0 Å². The van der Waals surface area contributed by atoms with E-state index in [9.17, 15) is 26.3 Å². The fourth-order valence-corrected chi connectivity index (χ4v) is 2.46. The average molecular weight is 318 g/mol. The van der Waals surface area contributed by atoms with Crippen LogP contribution in [0.3, 0.4) is 0 Å². The van der Waals surface area contributed by atoms with E-state index in [4.69, 9.17) is 0 Å². The van der Waals surface area contributed by atoms with Gasteiger partial charge in [-0.1, -0.05) is 60.7 Å². The van der Waals surface area contributed by atoms with Gasteiger partial charge in [0.25, 0.3) is 0 Å². The lowest BCUT2D eigenvalue weighted by Gasteiger charge is -2.31. The Labute approximate surface area is 123 Å². The summed E-state index contributed by atoms with van der Waals surface area (Å²) in [6.07, 6.45) is -10.0. The SMILES string of the molecule is FC(F)(F)C(c1ccccc1)C(c1ccccc1)C(F)(F)F. The molecule has 0 aliphatic rings. The summed E-state index contributed by atoms with van der Waals surface area (Å²) in [6.45, 7) is 0. The van der Waals surface area contributed by atoms with Crippen LogP contribution < -0.4 is 0 Å². The molecule has 0 heterocycles. The molecule has 0 fully saturated rings. The van der Waals surface area contributed by atoms with E-state index in [1.165, 1.54) is 36.4 Å². The Bertz CT molecular complexity index is 530. The number of benzene rings is 2. The average Bonchev–Trinajstić information content (AvgIpc) is 2.44. The lowest BCUT2D eigenvalue weighted by atomic mass is 9.80. The Balaban J connectivity index is 2.60. The van der Waals surface area contributed by atoms with Crippen LogP contribution in [0.1, 0.15) is 23.0 Å². The molecule has 0 saturated heterocycles. The minimum Gasteiger partial charge on any atom is -0.170 e. The molecule has 0 nitrogen and oxygen atoms in total. The normalized spacial score (nSPS) is 15.4. The predicted molar refractivity (Wildman–Crippen MR) is 70.5 cm³/mol. The molecule has 0 aromatic heterocycles. The van der Waals surface area contributed by atoms with E-state index in [2.05, 4.69) is 0 Å². The minimum atomic E-state index is -5.02. The molecule has 0 aliphatic carbocycles. The quantitative estimate of drug-likeness (QED) is 0.639. The molecule has 0 N–H and O–H groups in total.